The molecule has 2 aliphatic rings. The lowest BCUT2D eigenvalue weighted by atomic mass is 9.67. The van der Waals surface area contributed by atoms with Gasteiger partial charge in [0.1, 0.15) is 0 Å². The summed E-state index contributed by atoms with van der Waals surface area (Å²) in [5.41, 5.74) is 19.0. The third kappa shape index (κ3) is 5.02. The summed E-state index contributed by atoms with van der Waals surface area (Å²) in [6, 6.07) is 70.0. The Hall–Kier alpha value is -6.70. The van der Waals surface area contributed by atoms with Crippen molar-refractivity contribution < 1.29 is 0 Å². The molecule has 0 aliphatic heterocycles. The molecule has 0 N–H and O–H groups in total. The molecule has 11 rings (SSSR count). The van der Waals surface area contributed by atoms with Gasteiger partial charge >= 0.3 is 0 Å². The number of rotatable bonds is 5. The van der Waals surface area contributed by atoms with Gasteiger partial charge in [0.2, 0.25) is 0 Å². The number of hydrogen-bond donors (Lipinski definition) is 0. The molecule has 0 saturated heterocycles. The van der Waals surface area contributed by atoms with E-state index in [1.807, 2.05) is 0 Å². The van der Waals surface area contributed by atoms with Gasteiger partial charge < -0.3 is 4.90 Å². The van der Waals surface area contributed by atoms with Crippen LogP contribution in [0.3, 0.4) is 0 Å². The fourth-order valence-electron chi connectivity index (χ4n) is 10.1. The summed E-state index contributed by atoms with van der Waals surface area (Å²) in [4.78, 5) is 2.45. The van der Waals surface area contributed by atoms with Crippen LogP contribution in [0.1, 0.15) is 49.9 Å². The Morgan fingerprint density at radius 2 is 0.947 bits per heavy atom. The number of fused-ring (bicyclic) bond motifs is 6. The smallest absolute Gasteiger partial charge is 0.0540 e. The molecule has 0 unspecified atom stereocenters. The fraction of sp³-hybridized carbons (Fsp3) is 0.107. The van der Waals surface area contributed by atoms with E-state index in [0.717, 1.165) is 11.4 Å². The molecule has 0 aromatic heterocycles. The molecule has 0 heterocycles. The van der Waals surface area contributed by atoms with Crippen LogP contribution >= 0.6 is 0 Å². The molecule has 0 fully saturated rings. The van der Waals surface area contributed by atoms with Crippen molar-refractivity contribution >= 4 is 38.6 Å². The average Bonchev–Trinajstić information content (AvgIpc) is 3.48. The van der Waals surface area contributed by atoms with E-state index >= 15 is 0 Å². The van der Waals surface area contributed by atoms with Gasteiger partial charge in [0.05, 0.1) is 5.69 Å². The third-order valence-electron chi connectivity index (χ3n) is 13.1. The zero-order chi connectivity index (χ0) is 38.5. The standard InChI is InChI=1S/C56H43N/c1-55(2)48-21-11-10-20-45(48)46-33-30-42(35-51(46)55)57(52-23-13-17-37-16-8-9-19-43(37)52)41-28-24-36(25-29-41)40-27-32-47-50(34-40)56(3,4)49-22-12-18-39-26-31-44(54(47)53(39)49)38-14-6-5-7-15-38/h5-35H,1-4H3. The van der Waals surface area contributed by atoms with E-state index < -0.39 is 0 Å². The van der Waals surface area contributed by atoms with Crippen molar-refractivity contribution in [1.29, 1.82) is 0 Å². The Labute approximate surface area is 335 Å². The molecule has 0 saturated carbocycles. The summed E-state index contributed by atoms with van der Waals surface area (Å²) in [5, 5.41) is 5.14. The van der Waals surface area contributed by atoms with Gasteiger partial charge in [0, 0.05) is 27.6 Å². The zero-order valence-corrected chi connectivity index (χ0v) is 32.8. The van der Waals surface area contributed by atoms with Crippen LogP contribution in [0.25, 0.3) is 66.1 Å². The minimum atomic E-state index is -0.167. The second kappa shape index (κ2) is 12.4. The number of nitrogens with zero attached hydrogens (tertiary/aromatic N) is 1. The van der Waals surface area contributed by atoms with Gasteiger partial charge in [-0.3, -0.25) is 0 Å². The highest BCUT2D eigenvalue weighted by molar-refractivity contribution is 6.09. The molecule has 272 valence electrons. The fourth-order valence-corrected chi connectivity index (χ4v) is 10.1. The minimum Gasteiger partial charge on any atom is -0.310 e. The molecule has 0 spiro atoms. The van der Waals surface area contributed by atoms with E-state index in [2.05, 4.69) is 221 Å². The van der Waals surface area contributed by atoms with Gasteiger partial charge in [-0.2, -0.15) is 0 Å². The molecule has 57 heavy (non-hydrogen) atoms. The predicted octanol–water partition coefficient (Wildman–Crippen LogP) is 15.4. The second-order valence-corrected chi connectivity index (χ2v) is 16.9. The van der Waals surface area contributed by atoms with E-state index in [1.165, 1.54) is 94.0 Å². The van der Waals surface area contributed by atoms with Gasteiger partial charge in [-0.05, 0) is 119 Å². The van der Waals surface area contributed by atoms with Gasteiger partial charge in [-0.1, -0.05) is 179 Å². The van der Waals surface area contributed by atoms with Crippen LogP contribution in [0.2, 0.25) is 0 Å². The molecule has 9 aromatic rings. The first-order valence-electron chi connectivity index (χ1n) is 20.2. The lowest BCUT2D eigenvalue weighted by Gasteiger charge is -2.36. The van der Waals surface area contributed by atoms with Crippen molar-refractivity contribution in [2.24, 2.45) is 0 Å². The molecule has 0 amide bonds. The highest BCUT2D eigenvalue weighted by Crippen LogP contribution is 2.54. The topological polar surface area (TPSA) is 3.24 Å². The maximum absolute atomic E-state index is 2.45. The summed E-state index contributed by atoms with van der Waals surface area (Å²) >= 11 is 0. The summed E-state index contributed by atoms with van der Waals surface area (Å²) < 4.78 is 0. The van der Waals surface area contributed by atoms with Crippen molar-refractivity contribution in [1.82, 2.24) is 0 Å². The molecule has 2 aliphatic carbocycles. The van der Waals surface area contributed by atoms with E-state index in [4.69, 9.17) is 0 Å². The molecular formula is C56H43N. The SMILES string of the molecule is CC1(C)c2ccccc2-c2ccc(N(c3ccc(-c4ccc5c(c4)C(C)(C)c4cccc6ccc(-c7ccccc7)c-5c46)cc3)c3cccc4ccccc34)cc21. The zero-order valence-electron chi connectivity index (χ0n) is 32.8. The normalized spacial score (nSPS) is 14.2. The Bertz CT molecular complexity index is 3050. The molecule has 0 radical (unpaired) electrons. The second-order valence-electron chi connectivity index (χ2n) is 16.9. The molecule has 0 atom stereocenters. The quantitative estimate of drug-likeness (QED) is 0.170. The Balaban J connectivity index is 1.04. The third-order valence-corrected chi connectivity index (χ3v) is 13.1. The number of hydrogen-bond acceptors (Lipinski definition) is 1. The average molecular weight is 730 g/mol. The van der Waals surface area contributed by atoms with Crippen LogP contribution in [0.5, 0.6) is 0 Å². The first-order valence-corrected chi connectivity index (χ1v) is 20.2. The van der Waals surface area contributed by atoms with Crippen molar-refractivity contribution in [2.75, 3.05) is 4.90 Å². The highest BCUT2D eigenvalue weighted by Gasteiger charge is 2.37. The Morgan fingerprint density at radius 1 is 0.351 bits per heavy atom. The molecule has 1 heteroatoms. The summed E-state index contributed by atoms with van der Waals surface area (Å²) in [6.45, 7) is 9.51. The van der Waals surface area contributed by atoms with Crippen LogP contribution < -0.4 is 4.90 Å². The maximum atomic E-state index is 2.45. The van der Waals surface area contributed by atoms with E-state index in [9.17, 15) is 0 Å². The van der Waals surface area contributed by atoms with Crippen LogP contribution in [-0.2, 0) is 10.8 Å². The highest BCUT2D eigenvalue weighted by atomic mass is 15.1. The van der Waals surface area contributed by atoms with E-state index in [0.29, 0.717) is 0 Å². The van der Waals surface area contributed by atoms with E-state index in [-0.39, 0.29) is 10.8 Å². The van der Waals surface area contributed by atoms with Gasteiger partial charge in [0.25, 0.3) is 0 Å². The lowest BCUT2D eigenvalue weighted by molar-refractivity contribution is 0.645. The molecular weight excluding hydrogens is 687 g/mol. The molecule has 1 nitrogen and oxygen atoms in total. The van der Waals surface area contributed by atoms with E-state index in [1.54, 1.807) is 0 Å². The van der Waals surface area contributed by atoms with Crippen LogP contribution in [0.4, 0.5) is 17.1 Å². The van der Waals surface area contributed by atoms with Crippen LogP contribution in [-0.4, -0.2) is 0 Å². The van der Waals surface area contributed by atoms with Crippen molar-refractivity contribution in [3.8, 4) is 44.5 Å². The molecule has 0 bridgehead atoms. The largest absolute Gasteiger partial charge is 0.310 e. The van der Waals surface area contributed by atoms with Crippen molar-refractivity contribution in [3.05, 3.63) is 210 Å². The number of benzene rings is 9. The lowest BCUT2D eigenvalue weighted by Crippen LogP contribution is -2.24. The Morgan fingerprint density at radius 3 is 1.81 bits per heavy atom. The minimum absolute atomic E-state index is 0.0929. The maximum Gasteiger partial charge on any atom is 0.0540 e. The van der Waals surface area contributed by atoms with Gasteiger partial charge in [0.15, 0.2) is 0 Å². The summed E-state index contributed by atoms with van der Waals surface area (Å²) in [7, 11) is 0. The molecule has 9 aromatic carbocycles. The first-order chi connectivity index (χ1) is 27.8. The first kappa shape index (κ1) is 33.6. The number of anilines is 3. The monoisotopic (exact) mass is 729 g/mol. The summed E-state index contributed by atoms with van der Waals surface area (Å²) in [6.07, 6.45) is 0. The Kier molecular flexibility index (Phi) is 7.32. The van der Waals surface area contributed by atoms with Gasteiger partial charge in [-0.25, -0.2) is 0 Å². The van der Waals surface area contributed by atoms with Crippen LogP contribution in [0, 0.1) is 0 Å². The van der Waals surface area contributed by atoms with Gasteiger partial charge in [-0.15, -0.1) is 0 Å². The van der Waals surface area contributed by atoms with Crippen molar-refractivity contribution in [3.63, 3.8) is 0 Å². The van der Waals surface area contributed by atoms with Crippen LogP contribution in [0.15, 0.2) is 188 Å². The van der Waals surface area contributed by atoms with Crippen molar-refractivity contribution in [2.45, 2.75) is 38.5 Å². The predicted molar refractivity (Wildman–Crippen MR) is 242 cm³/mol. The summed E-state index contributed by atoms with van der Waals surface area (Å²) in [5.74, 6) is 0.